The zero-order chi connectivity index (χ0) is 20.8. The molecule has 150 valence electrons. The zero-order valence-electron chi connectivity index (χ0n) is 17.0. The van der Waals surface area contributed by atoms with Crippen molar-refractivity contribution < 1.29 is 4.79 Å². The van der Waals surface area contributed by atoms with Gasteiger partial charge >= 0.3 is 0 Å². The molecule has 0 unspecified atom stereocenters. The van der Waals surface area contributed by atoms with E-state index in [0.717, 1.165) is 16.9 Å². The Morgan fingerprint density at radius 2 is 1.72 bits per heavy atom. The minimum absolute atomic E-state index is 0.00353. The first-order valence-electron chi connectivity index (χ1n) is 9.74. The number of nitrogens with zero attached hydrogens (tertiary/aromatic N) is 2. The molecule has 0 aliphatic rings. The van der Waals surface area contributed by atoms with Gasteiger partial charge in [0.2, 0.25) is 0 Å². The number of hydrogen-bond acceptors (Lipinski definition) is 3. The largest absolute Gasteiger partial charge is 0.368 e. The lowest BCUT2D eigenvalue weighted by Gasteiger charge is -2.32. The molecule has 0 aliphatic carbocycles. The van der Waals surface area contributed by atoms with Gasteiger partial charge < -0.3 is 10.2 Å². The van der Waals surface area contributed by atoms with E-state index in [1.807, 2.05) is 72.6 Å². The second-order valence-corrected chi connectivity index (χ2v) is 7.82. The maximum absolute atomic E-state index is 13.4. The van der Waals surface area contributed by atoms with E-state index >= 15 is 0 Å². The molecule has 1 heterocycles. The lowest BCUT2D eigenvalue weighted by atomic mass is 9.97. The van der Waals surface area contributed by atoms with Crippen molar-refractivity contribution in [2.75, 3.05) is 18.9 Å². The van der Waals surface area contributed by atoms with E-state index in [0.29, 0.717) is 17.1 Å². The molecule has 1 atom stereocenters. The summed E-state index contributed by atoms with van der Waals surface area (Å²) in [6.07, 6.45) is 1.61. The van der Waals surface area contributed by atoms with E-state index in [2.05, 4.69) is 24.1 Å². The molecule has 0 fully saturated rings. The topological polar surface area (TPSA) is 45.2 Å². The van der Waals surface area contributed by atoms with Crippen LogP contribution in [0.3, 0.4) is 0 Å². The molecule has 1 aromatic heterocycles. The Morgan fingerprint density at radius 1 is 1.03 bits per heavy atom. The highest BCUT2D eigenvalue weighted by Crippen LogP contribution is 2.25. The quantitative estimate of drug-likeness (QED) is 0.553. The third kappa shape index (κ3) is 5.15. The van der Waals surface area contributed by atoms with Crippen LogP contribution < -0.4 is 5.32 Å². The maximum atomic E-state index is 13.4. The van der Waals surface area contributed by atoms with Gasteiger partial charge in [-0.25, -0.2) is 4.98 Å². The van der Waals surface area contributed by atoms with E-state index < -0.39 is 0 Å². The van der Waals surface area contributed by atoms with E-state index in [9.17, 15) is 4.79 Å². The van der Waals surface area contributed by atoms with Crippen LogP contribution >= 0.6 is 11.6 Å². The number of benzene rings is 2. The standard InChI is InChI=1S/C24H26ClN3O/c1-17(2)22(16-27-23-14-13-19(25)15-26-23)28(3)24(29)21-12-8-7-11-20(21)18-9-5-4-6-10-18/h4-15,17,22H,16H2,1-3H3,(H,26,27)/t22-/m1/s1. The van der Waals surface area contributed by atoms with Crippen LogP contribution in [-0.4, -0.2) is 35.4 Å². The third-order valence-corrected chi connectivity index (χ3v) is 5.27. The zero-order valence-corrected chi connectivity index (χ0v) is 17.7. The summed E-state index contributed by atoms with van der Waals surface area (Å²) in [5.41, 5.74) is 2.69. The number of halogens is 1. The van der Waals surface area contributed by atoms with Crippen LogP contribution in [0.1, 0.15) is 24.2 Å². The Kier molecular flexibility index (Phi) is 6.89. The normalized spacial score (nSPS) is 11.9. The average molecular weight is 408 g/mol. The molecule has 2 aromatic carbocycles. The van der Waals surface area contributed by atoms with Gasteiger partial charge in [0.25, 0.3) is 5.91 Å². The molecule has 0 radical (unpaired) electrons. The minimum Gasteiger partial charge on any atom is -0.368 e. The Labute approximate surface area is 177 Å². The van der Waals surface area contributed by atoms with Gasteiger partial charge in [-0.05, 0) is 35.2 Å². The SMILES string of the molecule is CC(C)[C@@H](CNc1ccc(Cl)cn1)N(C)C(=O)c1ccccc1-c1ccccc1. The fourth-order valence-electron chi connectivity index (χ4n) is 3.39. The first-order chi connectivity index (χ1) is 14.0. The molecular formula is C24H26ClN3O. The van der Waals surface area contributed by atoms with Gasteiger partial charge in [0.15, 0.2) is 0 Å². The Hall–Kier alpha value is -2.85. The first kappa shape index (κ1) is 20.9. The molecule has 5 heteroatoms. The van der Waals surface area contributed by atoms with Crippen molar-refractivity contribution in [3.05, 3.63) is 83.5 Å². The van der Waals surface area contributed by atoms with Crippen LogP contribution in [0, 0.1) is 5.92 Å². The second kappa shape index (κ2) is 9.57. The summed E-state index contributed by atoms with van der Waals surface area (Å²) in [7, 11) is 1.87. The van der Waals surface area contributed by atoms with Gasteiger partial charge in [-0.3, -0.25) is 4.79 Å². The summed E-state index contributed by atoms with van der Waals surface area (Å²) in [5.74, 6) is 1.02. The number of likely N-dealkylation sites (N-methyl/N-ethyl adjacent to an activating group) is 1. The minimum atomic E-state index is 0.00353. The highest BCUT2D eigenvalue weighted by Gasteiger charge is 2.25. The molecule has 29 heavy (non-hydrogen) atoms. The Bertz CT molecular complexity index is 942. The molecule has 1 amide bonds. The molecule has 3 aromatic rings. The average Bonchev–Trinajstić information content (AvgIpc) is 2.75. The number of carbonyl (C=O) groups excluding carboxylic acids is 1. The molecule has 0 spiro atoms. The van der Waals surface area contributed by atoms with E-state index in [-0.39, 0.29) is 17.9 Å². The van der Waals surface area contributed by atoms with Crippen molar-refractivity contribution in [3.8, 4) is 11.1 Å². The van der Waals surface area contributed by atoms with Crippen LogP contribution in [0.5, 0.6) is 0 Å². The van der Waals surface area contributed by atoms with Crippen molar-refractivity contribution in [1.82, 2.24) is 9.88 Å². The van der Waals surface area contributed by atoms with Crippen molar-refractivity contribution in [2.45, 2.75) is 19.9 Å². The van der Waals surface area contributed by atoms with Crippen LogP contribution in [0.15, 0.2) is 72.9 Å². The van der Waals surface area contributed by atoms with Crippen molar-refractivity contribution in [3.63, 3.8) is 0 Å². The fourth-order valence-corrected chi connectivity index (χ4v) is 3.50. The molecular weight excluding hydrogens is 382 g/mol. The highest BCUT2D eigenvalue weighted by molar-refractivity contribution is 6.30. The first-order valence-corrected chi connectivity index (χ1v) is 10.1. The Morgan fingerprint density at radius 3 is 2.38 bits per heavy atom. The molecule has 1 N–H and O–H groups in total. The lowest BCUT2D eigenvalue weighted by Crippen LogP contribution is -2.44. The van der Waals surface area contributed by atoms with E-state index in [1.165, 1.54) is 0 Å². The number of nitrogens with one attached hydrogen (secondary N) is 1. The highest BCUT2D eigenvalue weighted by atomic mass is 35.5. The van der Waals surface area contributed by atoms with Crippen molar-refractivity contribution in [1.29, 1.82) is 0 Å². The Balaban J connectivity index is 1.81. The number of rotatable bonds is 7. The molecule has 0 aliphatic heterocycles. The van der Waals surface area contributed by atoms with Gasteiger partial charge in [0.1, 0.15) is 5.82 Å². The number of carbonyl (C=O) groups is 1. The summed E-state index contributed by atoms with van der Waals surface area (Å²) < 4.78 is 0. The van der Waals surface area contributed by atoms with Crippen LogP contribution in [0.25, 0.3) is 11.1 Å². The lowest BCUT2D eigenvalue weighted by molar-refractivity contribution is 0.0701. The van der Waals surface area contributed by atoms with Gasteiger partial charge in [0, 0.05) is 25.4 Å². The van der Waals surface area contributed by atoms with Crippen LogP contribution in [-0.2, 0) is 0 Å². The predicted molar refractivity (Wildman–Crippen MR) is 120 cm³/mol. The number of hydrogen-bond donors (Lipinski definition) is 1. The van der Waals surface area contributed by atoms with Gasteiger partial charge in [0.05, 0.1) is 11.1 Å². The molecule has 0 bridgehead atoms. The second-order valence-electron chi connectivity index (χ2n) is 7.38. The van der Waals surface area contributed by atoms with Gasteiger partial charge in [-0.15, -0.1) is 0 Å². The molecule has 3 rings (SSSR count). The monoisotopic (exact) mass is 407 g/mol. The van der Waals surface area contributed by atoms with E-state index in [1.54, 1.807) is 12.3 Å². The number of amides is 1. The van der Waals surface area contributed by atoms with Crippen LogP contribution in [0.4, 0.5) is 5.82 Å². The number of aromatic nitrogens is 1. The molecule has 0 saturated heterocycles. The number of anilines is 1. The van der Waals surface area contributed by atoms with E-state index in [4.69, 9.17) is 11.6 Å². The summed E-state index contributed by atoms with van der Waals surface area (Å²) in [4.78, 5) is 19.5. The molecule has 0 saturated carbocycles. The summed E-state index contributed by atoms with van der Waals surface area (Å²) in [6, 6.07) is 21.4. The predicted octanol–water partition coefficient (Wildman–Crippen LogP) is 5.61. The van der Waals surface area contributed by atoms with Crippen molar-refractivity contribution >= 4 is 23.3 Å². The smallest absolute Gasteiger partial charge is 0.254 e. The molecule has 4 nitrogen and oxygen atoms in total. The van der Waals surface area contributed by atoms with Crippen LogP contribution in [0.2, 0.25) is 5.02 Å². The van der Waals surface area contributed by atoms with Crippen molar-refractivity contribution in [2.24, 2.45) is 5.92 Å². The number of pyridine rings is 1. The van der Waals surface area contributed by atoms with Gasteiger partial charge in [-0.1, -0.05) is 74.0 Å². The summed E-state index contributed by atoms with van der Waals surface area (Å²) in [6.45, 7) is 4.84. The summed E-state index contributed by atoms with van der Waals surface area (Å²) >= 11 is 5.91. The fraction of sp³-hybridized carbons (Fsp3) is 0.250. The third-order valence-electron chi connectivity index (χ3n) is 5.05. The van der Waals surface area contributed by atoms with Gasteiger partial charge in [-0.2, -0.15) is 0 Å². The summed E-state index contributed by atoms with van der Waals surface area (Å²) in [5, 5.41) is 3.92. The maximum Gasteiger partial charge on any atom is 0.254 e.